The van der Waals surface area contributed by atoms with Gasteiger partial charge in [0.05, 0.1) is 13.1 Å². The van der Waals surface area contributed by atoms with Crippen LogP contribution in [0, 0.1) is 6.92 Å². The third-order valence-electron chi connectivity index (χ3n) is 3.18. The van der Waals surface area contributed by atoms with Gasteiger partial charge in [-0.25, -0.2) is 4.99 Å². The molecule has 0 bridgehead atoms. The molecule has 8 heteroatoms. The van der Waals surface area contributed by atoms with E-state index >= 15 is 0 Å². The summed E-state index contributed by atoms with van der Waals surface area (Å²) in [6.07, 6.45) is 0. The van der Waals surface area contributed by atoms with Crippen molar-refractivity contribution in [3.8, 4) is 11.5 Å². The highest BCUT2D eigenvalue weighted by Crippen LogP contribution is 2.32. The molecule has 0 atom stereocenters. The molecule has 0 spiro atoms. The lowest BCUT2D eigenvalue weighted by Gasteiger charge is -2.09. The lowest BCUT2D eigenvalue weighted by atomic mass is 10.2. The van der Waals surface area contributed by atoms with Crippen LogP contribution in [-0.2, 0) is 13.1 Å². The average molecular weight is 317 g/mol. The van der Waals surface area contributed by atoms with Gasteiger partial charge in [0.1, 0.15) is 0 Å². The van der Waals surface area contributed by atoms with E-state index in [-0.39, 0.29) is 6.79 Å². The number of nitrogens with one attached hydrogen (secondary N) is 2. The number of ether oxygens (including phenoxy) is 2. The van der Waals surface area contributed by atoms with Crippen molar-refractivity contribution in [2.45, 2.75) is 26.9 Å². The summed E-state index contributed by atoms with van der Waals surface area (Å²) in [6.45, 7) is 5.78. The predicted molar refractivity (Wildman–Crippen MR) is 83.3 cm³/mol. The fourth-order valence-electron chi connectivity index (χ4n) is 2.13. The molecule has 0 saturated heterocycles. The van der Waals surface area contributed by atoms with E-state index < -0.39 is 0 Å². The maximum atomic E-state index is 5.37. The molecule has 0 saturated carbocycles. The minimum atomic E-state index is 0.274. The smallest absolute Gasteiger partial charge is 0.231 e. The molecule has 1 aliphatic heterocycles. The number of aliphatic imine (C=N–C) groups is 1. The minimum absolute atomic E-state index is 0.274. The van der Waals surface area contributed by atoms with Crippen LogP contribution in [0.2, 0.25) is 0 Å². The van der Waals surface area contributed by atoms with Gasteiger partial charge >= 0.3 is 0 Å². The zero-order chi connectivity index (χ0) is 16.1. The van der Waals surface area contributed by atoms with E-state index in [4.69, 9.17) is 14.0 Å². The summed E-state index contributed by atoms with van der Waals surface area (Å²) < 4.78 is 15.6. The Bertz CT molecular complexity index is 698. The number of guanidine groups is 1. The number of aryl methyl sites for hydroxylation is 1. The Labute approximate surface area is 133 Å². The van der Waals surface area contributed by atoms with Gasteiger partial charge < -0.3 is 24.6 Å². The van der Waals surface area contributed by atoms with Crippen LogP contribution in [-0.4, -0.2) is 29.4 Å². The molecule has 8 nitrogen and oxygen atoms in total. The number of nitrogens with zero attached hydrogens (tertiary/aromatic N) is 3. The second-order valence-electron chi connectivity index (χ2n) is 4.97. The first kappa shape index (κ1) is 15.1. The van der Waals surface area contributed by atoms with E-state index in [2.05, 4.69) is 25.8 Å². The van der Waals surface area contributed by atoms with Crippen LogP contribution in [0.5, 0.6) is 11.5 Å². The molecular weight excluding hydrogens is 298 g/mol. The number of benzene rings is 1. The molecule has 0 fully saturated rings. The lowest BCUT2D eigenvalue weighted by Crippen LogP contribution is -2.37. The van der Waals surface area contributed by atoms with Gasteiger partial charge in [-0.15, -0.1) is 0 Å². The Kier molecular flexibility index (Phi) is 4.60. The first-order chi connectivity index (χ1) is 11.2. The van der Waals surface area contributed by atoms with Crippen molar-refractivity contribution in [3.63, 3.8) is 0 Å². The summed E-state index contributed by atoms with van der Waals surface area (Å²) in [5.41, 5.74) is 1.04. The highest BCUT2D eigenvalue weighted by atomic mass is 16.7. The van der Waals surface area contributed by atoms with E-state index in [1.165, 1.54) is 0 Å². The van der Waals surface area contributed by atoms with Gasteiger partial charge in [0, 0.05) is 13.5 Å². The zero-order valence-electron chi connectivity index (χ0n) is 13.1. The summed E-state index contributed by atoms with van der Waals surface area (Å²) in [7, 11) is 0. The molecule has 1 aliphatic rings. The molecule has 0 unspecified atom stereocenters. The van der Waals surface area contributed by atoms with Crippen molar-refractivity contribution in [2.24, 2.45) is 4.99 Å². The standard InChI is InChI=1S/C15H19N5O3/c1-3-16-15(18-8-14-19-10(2)23-20-14)17-7-11-4-5-12-13(6-11)22-9-21-12/h4-6H,3,7-9H2,1-2H3,(H2,16,17,18). The Morgan fingerprint density at radius 2 is 2.13 bits per heavy atom. The first-order valence-electron chi connectivity index (χ1n) is 7.44. The first-order valence-corrected chi connectivity index (χ1v) is 7.44. The lowest BCUT2D eigenvalue weighted by molar-refractivity contribution is 0.174. The molecule has 2 heterocycles. The molecule has 23 heavy (non-hydrogen) atoms. The summed E-state index contributed by atoms with van der Waals surface area (Å²) in [4.78, 5) is 8.69. The average Bonchev–Trinajstić information content (AvgIpc) is 3.18. The third kappa shape index (κ3) is 3.91. The third-order valence-corrected chi connectivity index (χ3v) is 3.18. The maximum Gasteiger partial charge on any atom is 0.231 e. The molecule has 2 N–H and O–H groups in total. The van der Waals surface area contributed by atoms with Gasteiger partial charge in [0.15, 0.2) is 23.3 Å². The predicted octanol–water partition coefficient (Wildman–Crippen LogP) is 1.36. The summed E-state index contributed by atoms with van der Waals surface area (Å²) >= 11 is 0. The topological polar surface area (TPSA) is 93.8 Å². The van der Waals surface area contributed by atoms with Gasteiger partial charge in [0.2, 0.25) is 12.7 Å². The van der Waals surface area contributed by atoms with Crippen molar-refractivity contribution < 1.29 is 14.0 Å². The SMILES string of the molecule is CCNC(=NCc1ccc2c(c1)OCO2)NCc1noc(C)n1. The number of rotatable bonds is 5. The molecular formula is C15H19N5O3. The number of fused-ring (bicyclic) bond motifs is 1. The summed E-state index contributed by atoms with van der Waals surface area (Å²) in [5, 5.41) is 10.2. The quantitative estimate of drug-likeness (QED) is 0.635. The largest absolute Gasteiger partial charge is 0.454 e. The minimum Gasteiger partial charge on any atom is -0.454 e. The molecule has 3 rings (SSSR count). The van der Waals surface area contributed by atoms with Crippen molar-refractivity contribution in [1.29, 1.82) is 0 Å². The Balaban J connectivity index is 1.61. The van der Waals surface area contributed by atoms with Crippen molar-refractivity contribution >= 4 is 5.96 Å². The highest BCUT2D eigenvalue weighted by Gasteiger charge is 2.13. The van der Waals surface area contributed by atoms with E-state index in [1.54, 1.807) is 6.92 Å². The molecule has 2 aromatic rings. The van der Waals surface area contributed by atoms with Crippen LogP contribution in [0.3, 0.4) is 0 Å². The van der Waals surface area contributed by atoms with Gasteiger partial charge in [-0.2, -0.15) is 4.98 Å². The van der Waals surface area contributed by atoms with Gasteiger partial charge in [-0.3, -0.25) is 0 Å². The second kappa shape index (κ2) is 6.99. The van der Waals surface area contributed by atoms with E-state index in [1.807, 2.05) is 25.1 Å². The van der Waals surface area contributed by atoms with Crippen molar-refractivity contribution in [1.82, 2.24) is 20.8 Å². The van der Waals surface area contributed by atoms with Crippen molar-refractivity contribution in [3.05, 3.63) is 35.5 Å². The molecule has 1 aromatic heterocycles. The number of aromatic nitrogens is 2. The van der Waals surface area contributed by atoms with Crippen LogP contribution < -0.4 is 20.1 Å². The Hall–Kier alpha value is -2.77. The fourth-order valence-corrected chi connectivity index (χ4v) is 2.13. The molecule has 0 radical (unpaired) electrons. The molecule has 0 amide bonds. The zero-order valence-corrected chi connectivity index (χ0v) is 13.1. The molecule has 1 aromatic carbocycles. The summed E-state index contributed by atoms with van der Waals surface area (Å²) in [5.74, 6) is 3.36. The maximum absolute atomic E-state index is 5.37. The van der Waals surface area contributed by atoms with Crippen LogP contribution in [0.15, 0.2) is 27.7 Å². The van der Waals surface area contributed by atoms with Crippen LogP contribution >= 0.6 is 0 Å². The van der Waals surface area contributed by atoms with E-state index in [0.29, 0.717) is 30.8 Å². The molecule has 122 valence electrons. The van der Waals surface area contributed by atoms with Gasteiger partial charge in [0.25, 0.3) is 0 Å². The number of hydrogen-bond donors (Lipinski definition) is 2. The fraction of sp³-hybridized carbons (Fsp3) is 0.400. The van der Waals surface area contributed by atoms with E-state index in [0.717, 1.165) is 23.6 Å². The number of hydrogen-bond acceptors (Lipinski definition) is 6. The van der Waals surface area contributed by atoms with Crippen molar-refractivity contribution in [2.75, 3.05) is 13.3 Å². The highest BCUT2D eigenvalue weighted by molar-refractivity contribution is 5.79. The van der Waals surface area contributed by atoms with Gasteiger partial charge in [-0.05, 0) is 24.6 Å². The van der Waals surface area contributed by atoms with Gasteiger partial charge in [-0.1, -0.05) is 11.2 Å². The summed E-state index contributed by atoms with van der Waals surface area (Å²) in [6, 6.07) is 5.82. The normalized spacial score (nSPS) is 13.2. The Morgan fingerprint density at radius 1 is 1.26 bits per heavy atom. The monoisotopic (exact) mass is 317 g/mol. The Morgan fingerprint density at radius 3 is 2.91 bits per heavy atom. The van der Waals surface area contributed by atoms with Crippen LogP contribution in [0.4, 0.5) is 0 Å². The van der Waals surface area contributed by atoms with Crippen LogP contribution in [0.25, 0.3) is 0 Å². The van der Waals surface area contributed by atoms with Crippen LogP contribution in [0.1, 0.15) is 24.2 Å². The molecule has 0 aliphatic carbocycles. The second-order valence-corrected chi connectivity index (χ2v) is 4.97. The van der Waals surface area contributed by atoms with E-state index in [9.17, 15) is 0 Å².